The minimum atomic E-state index is -0.268. The normalized spacial score (nSPS) is 12.4. The third-order valence-corrected chi connectivity index (χ3v) is 4.76. The molecular weight excluding hydrogens is 378 g/mol. The zero-order valence-electron chi connectivity index (χ0n) is 15.2. The second-order valence-corrected chi connectivity index (χ2v) is 6.72. The third-order valence-electron chi connectivity index (χ3n) is 4.35. The van der Waals surface area contributed by atoms with Gasteiger partial charge < -0.3 is 20.1 Å². The minimum Gasteiger partial charge on any atom is -0.486 e. The van der Waals surface area contributed by atoms with Gasteiger partial charge in [0.05, 0.1) is 17.4 Å². The fourth-order valence-electron chi connectivity index (χ4n) is 2.86. The van der Waals surface area contributed by atoms with Gasteiger partial charge in [0.15, 0.2) is 11.5 Å². The zero-order chi connectivity index (χ0) is 19.5. The number of carbonyl (C=O) groups excluding carboxylic acids is 1. The Morgan fingerprint density at radius 2 is 1.86 bits per heavy atom. The quantitative estimate of drug-likeness (QED) is 0.663. The number of anilines is 3. The van der Waals surface area contributed by atoms with E-state index in [9.17, 15) is 4.79 Å². The average molecular weight is 396 g/mol. The summed E-state index contributed by atoms with van der Waals surface area (Å²) in [6.45, 7) is 2.94. The summed E-state index contributed by atoms with van der Waals surface area (Å²) < 4.78 is 11.0. The highest BCUT2D eigenvalue weighted by Crippen LogP contribution is 2.33. The number of hydrogen-bond donors (Lipinski definition) is 2. The molecule has 0 spiro atoms. The first-order valence-electron chi connectivity index (χ1n) is 8.78. The molecule has 28 heavy (non-hydrogen) atoms. The molecule has 0 bridgehead atoms. The van der Waals surface area contributed by atoms with Crippen molar-refractivity contribution < 1.29 is 14.3 Å². The van der Waals surface area contributed by atoms with Crippen molar-refractivity contribution in [3.8, 4) is 11.5 Å². The second kappa shape index (κ2) is 7.78. The molecule has 2 aromatic carbocycles. The minimum absolute atomic E-state index is 0.268. The molecule has 0 atom stereocenters. The Kier molecular flexibility index (Phi) is 5.04. The Balaban J connectivity index is 1.51. The highest BCUT2D eigenvalue weighted by Gasteiger charge is 2.14. The molecule has 2 N–H and O–H groups in total. The molecule has 1 aromatic heterocycles. The van der Waals surface area contributed by atoms with Gasteiger partial charge in [-0.2, -0.15) is 0 Å². The van der Waals surface area contributed by atoms with Gasteiger partial charge in [-0.05, 0) is 42.8 Å². The number of nitrogens with one attached hydrogen (secondary N) is 2. The molecule has 1 amide bonds. The highest BCUT2D eigenvalue weighted by atomic mass is 35.5. The summed E-state index contributed by atoms with van der Waals surface area (Å²) in [7, 11) is 0. The van der Waals surface area contributed by atoms with Gasteiger partial charge in [0, 0.05) is 28.7 Å². The smallest absolute Gasteiger partial charge is 0.257 e. The van der Waals surface area contributed by atoms with Gasteiger partial charge in [-0.15, -0.1) is 0 Å². The van der Waals surface area contributed by atoms with E-state index >= 15 is 0 Å². The van der Waals surface area contributed by atoms with Crippen LogP contribution in [0.1, 0.15) is 15.9 Å². The molecule has 0 saturated heterocycles. The first-order chi connectivity index (χ1) is 13.6. The van der Waals surface area contributed by atoms with Crippen LogP contribution in [-0.2, 0) is 0 Å². The average Bonchev–Trinajstić information content (AvgIpc) is 2.71. The van der Waals surface area contributed by atoms with Gasteiger partial charge in [-0.3, -0.25) is 9.78 Å². The maximum absolute atomic E-state index is 12.6. The lowest BCUT2D eigenvalue weighted by atomic mass is 10.2. The fraction of sp³-hybridized carbons (Fsp3) is 0.143. The number of carbonyl (C=O) groups is 1. The van der Waals surface area contributed by atoms with Gasteiger partial charge >= 0.3 is 0 Å². The van der Waals surface area contributed by atoms with E-state index in [4.69, 9.17) is 21.1 Å². The van der Waals surface area contributed by atoms with Crippen LogP contribution in [-0.4, -0.2) is 24.1 Å². The van der Waals surface area contributed by atoms with Gasteiger partial charge in [-0.1, -0.05) is 17.7 Å². The number of fused-ring (bicyclic) bond motifs is 1. The number of nitrogens with zero attached hydrogens (tertiary/aromatic N) is 1. The maximum Gasteiger partial charge on any atom is 0.257 e. The summed E-state index contributed by atoms with van der Waals surface area (Å²) in [4.78, 5) is 16.8. The lowest BCUT2D eigenvalue weighted by Crippen LogP contribution is -2.16. The van der Waals surface area contributed by atoms with Crippen molar-refractivity contribution >= 4 is 34.6 Å². The third kappa shape index (κ3) is 3.87. The topological polar surface area (TPSA) is 72.5 Å². The molecule has 142 valence electrons. The highest BCUT2D eigenvalue weighted by molar-refractivity contribution is 6.31. The summed E-state index contributed by atoms with van der Waals surface area (Å²) in [6, 6.07) is 12.7. The van der Waals surface area contributed by atoms with Gasteiger partial charge in [0.2, 0.25) is 0 Å². The zero-order valence-corrected chi connectivity index (χ0v) is 15.9. The number of hydrogen-bond acceptors (Lipinski definition) is 5. The molecule has 0 aliphatic carbocycles. The van der Waals surface area contributed by atoms with Crippen LogP contribution in [0.5, 0.6) is 11.5 Å². The van der Waals surface area contributed by atoms with E-state index in [1.54, 1.807) is 30.5 Å². The summed E-state index contributed by atoms with van der Waals surface area (Å²) in [5.41, 5.74) is 3.53. The molecule has 3 aromatic rings. The van der Waals surface area contributed by atoms with E-state index in [2.05, 4.69) is 15.6 Å². The van der Waals surface area contributed by atoms with Crippen molar-refractivity contribution in [3.05, 3.63) is 71.0 Å². The molecule has 0 fully saturated rings. The van der Waals surface area contributed by atoms with Gasteiger partial charge in [-0.25, -0.2) is 0 Å². The SMILES string of the molecule is Cc1c(Cl)cccc1Nc1cncc(C(=O)Nc2ccc3c(c2)OCCO3)c1. The van der Waals surface area contributed by atoms with E-state index in [0.29, 0.717) is 46.7 Å². The summed E-state index contributed by atoms with van der Waals surface area (Å²) in [5.74, 6) is 1.03. The molecule has 0 unspecified atom stereocenters. The van der Waals surface area contributed by atoms with Gasteiger partial charge in [0.25, 0.3) is 5.91 Å². The molecule has 4 rings (SSSR count). The van der Waals surface area contributed by atoms with Gasteiger partial charge in [0.1, 0.15) is 13.2 Å². The van der Waals surface area contributed by atoms with E-state index in [1.165, 1.54) is 6.20 Å². The number of rotatable bonds is 4. The van der Waals surface area contributed by atoms with Crippen molar-refractivity contribution in [2.24, 2.45) is 0 Å². The molecule has 1 aliphatic rings. The van der Waals surface area contributed by atoms with Crippen molar-refractivity contribution in [1.82, 2.24) is 4.98 Å². The predicted octanol–water partition coefficient (Wildman–Crippen LogP) is 4.81. The maximum atomic E-state index is 12.6. The lowest BCUT2D eigenvalue weighted by Gasteiger charge is -2.19. The Hall–Kier alpha value is -3.25. The van der Waals surface area contributed by atoms with Crippen molar-refractivity contribution in [2.45, 2.75) is 6.92 Å². The first kappa shape index (κ1) is 18.1. The number of halogens is 1. The van der Waals surface area contributed by atoms with Crippen molar-refractivity contribution in [2.75, 3.05) is 23.8 Å². The predicted molar refractivity (Wildman–Crippen MR) is 109 cm³/mol. The molecular formula is C21H18ClN3O3. The summed E-state index contributed by atoms with van der Waals surface area (Å²) >= 11 is 6.16. The molecule has 0 radical (unpaired) electrons. The summed E-state index contributed by atoms with van der Waals surface area (Å²) in [6.07, 6.45) is 3.17. The Morgan fingerprint density at radius 3 is 2.71 bits per heavy atom. The van der Waals surface area contributed by atoms with Crippen LogP contribution in [0.4, 0.5) is 17.1 Å². The van der Waals surface area contributed by atoms with Crippen LogP contribution in [0.15, 0.2) is 54.9 Å². The molecule has 1 aliphatic heterocycles. The number of aromatic nitrogens is 1. The van der Waals surface area contributed by atoms with Crippen molar-refractivity contribution in [1.29, 1.82) is 0 Å². The van der Waals surface area contributed by atoms with Crippen LogP contribution < -0.4 is 20.1 Å². The van der Waals surface area contributed by atoms with Crippen LogP contribution in [0.2, 0.25) is 5.02 Å². The van der Waals surface area contributed by atoms with Crippen LogP contribution >= 0.6 is 11.6 Å². The Labute approximate surface area is 167 Å². The number of pyridine rings is 1. The van der Waals surface area contributed by atoms with E-state index < -0.39 is 0 Å². The van der Waals surface area contributed by atoms with Crippen molar-refractivity contribution in [3.63, 3.8) is 0 Å². The second-order valence-electron chi connectivity index (χ2n) is 6.31. The first-order valence-corrected chi connectivity index (χ1v) is 9.16. The Bertz CT molecular complexity index is 1040. The van der Waals surface area contributed by atoms with E-state index in [1.807, 2.05) is 25.1 Å². The largest absolute Gasteiger partial charge is 0.486 e. The number of benzene rings is 2. The van der Waals surface area contributed by atoms with E-state index in [-0.39, 0.29) is 5.91 Å². The monoisotopic (exact) mass is 395 g/mol. The standard InChI is InChI=1S/C21H18ClN3O3/c1-13-17(22)3-2-4-18(13)24-16-9-14(11-23-12-16)21(26)25-15-5-6-19-20(10-15)28-8-7-27-19/h2-6,9-12,24H,7-8H2,1H3,(H,25,26). The number of ether oxygens (including phenoxy) is 2. The molecule has 6 nitrogen and oxygen atoms in total. The molecule has 0 saturated carbocycles. The van der Waals surface area contributed by atoms with Crippen LogP contribution in [0, 0.1) is 6.92 Å². The van der Waals surface area contributed by atoms with E-state index in [0.717, 1.165) is 11.3 Å². The molecule has 2 heterocycles. The molecule has 7 heteroatoms. The van der Waals surface area contributed by atoms with Crippen LogP contribution in [0.25, 0.3) is 0 Å². The number of amides is 1. The van der Waals surface area contributed by atoms with Crippen LogP contribution in [0.3, 0.4) is 0 Å². The fourth-order valence-corrected chi connectivity index (χ4v) is 3.03. The summed E-state index contributed by atoms with van der Waals surface area (Å²) in [5, 5.41) is 6.78. The lowest BCUT2D eigenvalue weighted by molar-refractivity contribution is 0.102. The Morgan fingerprint density at radius 1 is 1.04 bits per heavy atom.